The molecule has 1 amide bonds. The summed E-state index contributed by atoms with van der Waals surface area (Å²) in [6.07, 6.45) is -1.16. The summed E-state index contributed by atoms with van der Waals surface area (Å²) in [5, 5.41) is 19.3. The minimum absolute atomic E-state index is 0.329. The number of carbonyl (C=O) groups is 1. The van der Waals surface area contributed by atoms with E-state index in [2.05, 4.69) is 5.32 Å². The third-order valence-corrected chi connectivity index (χ3v) is 1.63. The van der Waals surface area contributed by atoms with E-state index in [0.717, 1.165) is 5.56 Å². The zero-order valence-electron chi connectivity index (χ0n) is 7.03. The first-order chi connectivity index (χ1) is 6.15. The molecule has 0 aliphatic rings. The van der Waals surface area contributed by atoms with Crippen molar-refractivity contribution < 1.29 is 9.90 Å². The molecule has 1 aromatic rings. The van der Waals surface area contributed by atoms with Crippen molar-refractivity contribution in [1.82, 2.24) is 0 Å². The summed E-state index contributed by atoms with van der Waals surface area (Å²) in [7, 11) is 0. The molecule has 0 saturated heterocycles. The number of nitrogens with zero attached hydrogens (tertiary/aromatic N) is 1. The first-order valence-electron chi connectivity index (χ1n) is 3.65. The van der Waals surface area contributed by atoms with Gasteiger partial charge in [-0.05, 0) is 18.6 Å². The molecule has 0 saturated carbocycles. The molecule has 4 nitrogen and oxygen atoms in total. The highest BCUT2D eigenvalue weighted by Gasteiger charge is 2.06. The van der Waals surface area contributed by atoms with Gasteiger partial charge in [-0.25, -0.2) is 4.79 Å². The van der Waals surface area contributed by atoms with Crippen LogP contribution in [0, 0.1) is 18.3 Å². The summed E-state index contributed by atoms with van der Waals surface area (Å²) in [4.78, 5) is 10.3. The van der Waals surface area contributed by atoms with Gasteiger partial charge in [0.25, 0.3) is 0 Å². The predicted molar refractivity (Wildman–Crippen MR) is 47.5 cm³/mol. The van der Waals surface area contributed by atoms with Gasteiger partial charge in [-0.15, -0.1) is 0 Å². The summed E-state index contributed by atoms with van der Waals surface area (Å²) < 4.78 is 0. The molecule has 1 rings (SSSR count). The summed E-state index contributed by atoms with van der Waals surface area (Å²) in [5.41, 5.74) is 1.45. The van der Waals surface area contributed by atoms with E-state index in [1.807, 2.05) is 6.07 Å². The fraction of sp³-hybridized carbons (Fsp3) is 0.111. The van der Waals surface area contributed by atoms with Gasteiger partial charge >= 0.3 is 6.09 Å². The maximum atomic E-state index is 10.3. The van der Waals surface area contributed by atoms with Gasteiger partial charge in [0.15, 0.2) is 0 Å². The van der Waals surface area contributed by atoms with Crippen molar-refractivity contribution in [3.05, 3.63) is 29.3 Å². The van der Waals surface area contributed by atoms with Gasteiger partial charge in [0.2, 0.25) is 0 Å². The zero-order valence-corrected chi connectivity index (χ0v) is 7.03. The van der Waals surface area contributed by atoms with Crippen LogP contribution in [0.2, 0.25) is 0 Å². The molecular formula is C9H8N2O2. The standard InChI is InChI=1S/C9H8N2O2/c1-6-3-2-4-8(7(6)5-10)11-9(12)13/h2-4,11H,1H3,(H,12,13). The lowest BCUT2D eigenvalue weighted by Crippen LogP contribution is -2.08. The van der Waals surface area contributed by atoms with Crippen LogP contribution in [-0.4, -0.2) is 11.2 Å². The third-order valence-electron chi connectivity index (χ3n) is 1.63. The van der Waals surface area contributed by atoms with Crippen LogP contribution in [0.1, 0.15) is 11.1 Å². The second-order valence-corrected chi connectivity index (χ2v) is 2.54. The van der Waals surface area contributed by atoms with E-state index in [9.17, 15) is 4.79 Å². The van der Waals surface area contributed by atoms with Gasteiger partial charge in [-0.2, -0.15) is 5.26 Å². The number of nitrogens with one attached hydrogen (secondary N) is 1. The second kappa shape index (κ2) is 3.59. The Hall–Kier alpha value is -2.02. The number of hydrogen-bond acceptors (Lipinski definition) is 2. The molecule has 1 aromatic carbocycles. The maximum absolute atomic E-state index is 10.3. The molecule has 0 spiro atoms. The minimum atomic E-state index is -1.16. The highest BCUT2D eigenvalue weighted by molar-refractivity contribution is 5.85. The Morgan fingerprint density at radius 3 is 2.85 bits per heavy atom. The average Bonchev–Trinajstić information content (AvgIpc) is 2.03. The number of hydrogen-bond donors (Lipinski definition) is 2. The second-order valence-electron chi connectivity index (χ2n) is 2.54. The molecule has 0 heterocycles. The summed E-state index contributed by atoms with van der Waals surface area (Å²) in [6.45, 7) is 1.76. The Morgan fingerprint density at radius 2 is 2.31 bits per heavy atom. The van der Waals surface area contributed by atoms with Crippen LogP contribution in [0.25, 0.3) is 0 Å². The van der Waals surface area contributed by atoms with Crippen molar-refractivity contribution in [2.75, 3.05) is 5.32 Å². The number of nitriles is 1. The lowest BCUT2D eigenvalue weighted by Gasteiger charge is -2.04. The smallest absolute Gasteiger partial charge is 0.409 e. The molecule has 0 radical (unpaired) electrons. The van der Waals surface area contributed by atoms with Gasteiger partial charge in [0.1, 0.15) is 6.07 Å². The Morgan fingerprint density at radius 1 is 1.62 bits per heavy atom. The van der Waals surface area contributed by atoms with Crippen molar-refractivity contribution in [1.29, 1.82) is 5.26 Å². The highest BCUT2D eigenvalue weighted by Crippen LogP contribution is 2.17. The van der Waals surface area contributed by atoms with Crippen molar-refractivity contribution in [3.8, 4) is 6.07 Å². The molecule has 0 aliphatic carbocycles. The van der Waals surface area contributed by atoms with Gasteiger partial charge in [0, 0.05) is 0 Å². The largest absolute Gasteiger partial charge is 0.465 e. The summed E-state index contributed by atoms with van der Waals surface area (Å²) in [5.74, 6) is 0. The summed E-state index contributed by atoms with van der Waals surface area (Å²) in [6, 6.07) is 6.95. The molecule has 0 bridgehead atoms. The van der Waals surface area contributed by atoms with Crippen LogP contribution >= 0.6 is 0 Å². The molecule has 0 unspecified atom stereocenters. The van der Waals surface area contributed by atoms with Crippen molar-refractivity contribution in [2.24, 2.45) is 0 Å². The van der Waals surface area contributed by atoms with Crippen molar-refractivity contribution in [3.63, 3.8) is 0 Å². The molecule has 4 heteroatoms. The molecule has 0 fully saturated rings. The fourth-order valence-electron chi connectivity index (χ4n) is 1.04. The van der Waals surface area contributed by atoms with E-state index in [-0.39, 0.29) is 0 Å². The van der Waals surface area contributed by atoms with Crippen LogP contribution < -0.4 is 5.32 Å². The van der Waals surface area contributed by atoms with Crippen LogP contribution in [-0.2, 0) is 0 Å². The topological polar surface area (TPSA) is 73.1 Å². The molecule has 0 atom stereocenters. The lowest BCUT2D eigenvalue weighted by molar-refractivity contribution is 0.209. The van der Waals surface area contributed by atoms with E-state index in [1.165, 1.54) is 0 Å². The van der Waals surface area contributed by atoms with Gasteiger partial charge in [-0.3, -0.25) is 5.32 Å². The normalized spacial score (nSPS) is 8.92. The van der Waals surface area contributed by atoms with Crippen LogP contribution in [0.15, 0.2) is 18.2 Å². The first kappa shape index (κ1) is 9.07. The number of anilines is 1. The molecule has 0 aliphatic heterocycles. The Bertz CT molecular complexity index is 380. The maximum Gasteiger partial charge on any atom is 0.409 e. The van der Waals surface area contributed by atoms with Gasteiger partial charge in [0.05, 0.1) is 11.3 Å². The van der Waals surface area contributed by atoms with Crippen LogP contribution in [0.3, 0.4) is 0 Å². The Kier molecular flexibility index (Phi) is 2.50. The van der Waals surface area contributed by atoms with Crippen LogP contribution in [0.5, 0.6) is 0 Å². The van der Waals surface area contributed by atoms with E-state index in [0.29, 0.717) is 11.3 Å². The number of carboxylic acid groups (broad SMARTS) is 1. The van der Waals surface area contributed by atoms with Crippen molar-refractivity contribution >= 4 is 11.8 Å². The molecule has 13 heavy (non-hydrogen) atoms. The number of rotatable bonds is 1. The summed E-state index contributed by atoms with van der Waals surface area (Å²) >= 11 is 0. The first-order valence-corrected chi connectivity index (χ1v) is 3.65. The molecular weight excluding hydrogens is 168 g/mol. The quantitative estimate of drug-likeness (QED) is 0.686. The predicted octanol–water partition coefficient (Wildman–Crippen LogP) is 1.96. The van der Waals surface area contributed by atoms with E-state index in [1.54, 1.807) is 25.1 Å². The average molecular weight is 176 g/mol. The third kappa shape index (κ3) is 1.97. The van der Waals surface area contributed by atoms with Gasteiger partial charge in [-0.1, -0.05) is 12.1 Å². The SMILES string of the molecule is Cc1cccc(NC(=O)O)c1C#N. The number of amides is 1. The highest BCUT2D eigenvalue weighted by atomic mass is 16.4. The van der Waals surface area contributed by atoms with Crippen molar-refractivity contribution in [2.45, 2.75) is 6.92 Å². The van der Waals surface area contributed by atoms with E-state index >= 15 is 0 Å². The molecule has 66 valence electrons. The molecule has 2 N–H and O–H groups in total. The lowest BCUT2D eigenvalue weighted by atomic mass is 10.1. The minimum Gasteiger partial charge on any atom is -0.465 e. The number of aryl methyl sites for hydroxylation is 1. The van der Waals surface area contributed by atoms with Crippen LogP contribution in [0.4, 0.5) is 10.5 Å². The number of benzene rings is 1. The fourth-order valence-corrected chi connectivity index (χ4v) is 1.04. The Labute approximate surface area is 75.4 Å². The zero-order chi connectivity index (χ0) is 9.84. The van der Waals surface area contributed by atoms with Gasteiger partial charge < -0.3 is 5.11 Å². The molecule has 0 aromatic heterocycles. The monoisotopic (exact) mass is 176 g/mol. The van der Waals surface area contributed by atoms with E-state index in [4.69, 9.17) is 10.4 Å². The van der Waals surface area contributed by atoms with E-state index < -0.39 is 6.09 Å². The Balaban J connectivity index is 3.14.